The van der Waals surface area contributed by atoms with Crippen LogP contribution in [0.1, 0.15) is 32.6 Å². The molecule has 2 saturated heterocycles. The number of hydrogen-bond acceptors (Lipinski definition) is 4. The van der Waals surface area contributed by atoms with Crippen molar-refractivity contribution in [1.82, 2.24) is 4.90 Å². The van der Waals surface area contributed by atoms with Crippen molar-refractivity contribution in [3.8, 4) is 0 Å². The predicted molar refractivity (Wildman–Crippen MR) is 70.8 cm³/mol. The van der Waals surface area contributed by atoms with Gasteiger partial charge in [-0.05, 0) is 19.8 Å². The van der Waals surface area contributed by atoms with E-state index in [2.05, 4.69) is 0 Å². The van der Waals surface area contributed by atoms with Crippen LogP contribution in [-0.2, 0) is 14.3 Å². The fourth-order valence-electron chi connectivity index (χ4n) is 2.96. The number of carbonyl (C=O) groups is 1. The molecule has 0 unspecified atom stereocenters. The van der Waals surface area contributed by atoms with Gasteiger partial charge in [-0.2, -0.15) is 0 Å². The fourth-order valence-corrected chi connectivity index (χ4v) is 2.96. The van der Waals surface area contributed by atoms with Crippen LogP contribution >= 0.6 is 0 Å². The minimum atomic E-state index is -0.790. The van der Waals surface area contributed by atoms with Gasteiger partial charge in [0, 0.05) is 46.3 Å². The van der Waals surface area contributed by atoms with Crippen LogP contribution in [0.5, 0.6) is 0 Å². The van der Waals surface area contributed by atoms with Crippen molar-refractivity contribution in [2.75, 3.05) is 33.4 Å². The fraction of sp³-hybridized carbons (Fsp3) is 0.929. The number of ether oxygens (including phenoxy) is 2. The van der Waals surface area contributed by atoms with Gasteiger partial charge < -0.3 is 19.5 Å². The second-order valence-corrected chi connectivity index (χ2v) is 5.86. The lowest BCUT2D eigenvalue weighted by atomic mass is 9.91. The molecule has 110 valence electrons. The summed E-state index contributed by atoms with van der Waals surface area (Å²) in [6, 6.07) is 0. The van der Waals surface area contributed by atoms with Gasteiger partial charge in [0.1, 0.15) is 0 Å². The number of rotatable bonds is 3. The highest BCUT2D eigenvalue weighted by Gasteiger charge is 2.36. The summed E-state index contributed by atoms with van der Waals surface area (Å²) < 4.78 is 10.8. The summed E-state index contributed by atoms with van der Waals surface area (Å²) in [5, 5.41) is 10.4. The zero-order valence-corrected chi connectivity index (χ0v) is 11.9. The number of likely N-dealkylation sites (N-methyl/N-ethyl adjacent to an activating group) is 1. The van der Waals surface area contributed by atoms with Gasteiger partial charge in [-0.1, -0.05) is 0 Å². The van der Waals surface area contributed by atoms with Gasteiger partial charge in [0.2, 0.25) is 5.91 Å². The molecule has 0 aromatic carbocycles. The highest BCUT2D eigenvalue weighted by atomic mass is 16.5. The summed E-state index contributed by atoms with van der Waals surface area (Å²) >= 11 is 0. The van der Waals surface area contributed by atoms with Crippen LogP contribution < -0.4 is 0 Å². The molecule has 1 N–H and O–H groups in total. The normalized spacial score (nSPS) is 30.9. The third kappa shape index (κ3) is 3.68. The van der Waals surface area contributed by atoms with E-state index in [0.717, 1.165) is 19.4 Å². The predicted octanol–water partition coefficient (Wildman–Crippen LogP) is 0.801. The SMILES string of the molecule is C[C@@H]1OCCC[C@H]1C(=O)N(C)CC1(O)CCOCC1. The Kier molecular flexibility index (Phi) is 4.81. The van der Waals surface area contributed by atoms with Gasteiger partial charge in [0.25, 0.3) is 0 Å². The maximum atomic E-state index is 12.4. The quantitative estimate of drug-likeness (QED) is 0.825. The van der Waals surface area contributed by atoms with E-state index in [0.29, 0.717) is 32.6 Å². The summed E-state index contributed by atoms with van der Waals surface area (Å²) in [6.45, 7) is 4.23. The molecule has 2 aliphatic heterocycles. The van der Waals surface area contributed by atoms with E-state index >= 15 is 0 Å². The number of carbonyl (C=O) groups excluding carboxylic acids is 1. The van der Waals surface area contributed by atoms with E-state index in [4.69, 9.17) is 9.47 Å². The van der Waals surface area contributed by atoms with Crippen LogP contribution in [0.15, 0.2) is 0 Å². The standard InChI is InChI=1S/C14H25NO4/c1-11-12(4-3-7-19-11)13(16)15(2)10-14(17)5-8-18-9-6-14/h11-12,17H,3-10H2,1-2H3/t11-,12+/m0/s1. The largest absolute Gasteiger partial charge is 0.388 e. The lowest BCUT2D eigenvalue weighted by Gasteiger charge is -2.38. The molecule has 2 aliphatic rings. The number of amides is 1. The molecule has 5 nitrogen and oxygen atoms in total. The van der Waals surface area contributed by atoms with Gasteiger partial charge in [-0.15, -0.1) is 0 Å². The minimum absolute atomic E-state index is 0.0203. The molecule has 0 spiro atoms. The molecule has 0 saturated carbocycles. The molecule has 5 heteroatoms. The molecule has 2 rings (SSSR count). The molecule has 2 atom stereocenters. The van der Waals surface area contributed by atoms with Crippen molar-refractivity contribution in [2.45, 2.75) is 44.3 Å². The number of aliphatic hydroxyl groups is 1. The van der Waals surface area contributed by atoms with E-state index in [1.54, 1.807) is 11.9 Å². The Hall–Kier alpha value is -0.650. The molecule has 0 aliphatic carbocycles. The molecule has 0 bridgehead atoms. The lowest BCUT2D eigenvalue weighted by Crippen LogP contribution is -2.50. The molecule has 0 radical (unpaired) electrons. The Balaban J connectivity index is 1.91. The highest BCUT2D eigenvalue weighted by Crippen LogP contribution is 2.25. The first kappa shape index (κ1) is 14.8. The van der Waals surface area contributed by atoms with Crippen LogP contribution in [0.4, 0.5) is 0 Å². The van der Waals surface area contributed by atoms with Crippen LogP contribution in [0.2, 0.25) is 0 Å². The Bertz CT molecular complexity index is 315. The van der Waals surface area contributed by atoms with E-state index in [1.165, 1.54) is 0 Å². The maximum Gasteiger partial charge on any atom is 0.228 e. The molecule has 1 amide bonds. The first-order valence-corrected chi connectivity index (χ1v) is 7.18. The monoisotopic (exact) mass is 271 g/mol. The number of nitrogens with zero attached hydrogens (tertiary/aromatic N) is 1. The first-order chi connectivity index (χ1) is 9.02. The van der Waals surface area contributed by atoms with Crippen molar-refractivity contribution in [2.24, 2.45) is 5.92 Å². The zero-order valence-electron chi connectivity index (χ0n) is 11.9. The molecule has 2 heterocycles. The summed E-state index contributed by atoms with van der Waals surface area (Å²) in [4.78, 5) is 14.1. The van der Waals surface area contributed by atoms with Crippen molar-refractivity contribution >= 4 is 5.91 Å². The maximum absolute atomic E-state index is 12.4. The van der Waals surface area contributed by atoms with E-state index in [9.17, 15) is 9.90 Å². The van der Waals surface area contributed by atoms with Crippen LogP contribution in [-0.4, -0.2) is 61.0 Å². The second-order valence-electron chi connectivity index (χ2n) is 5.86. The van der Waals surface area contributed by atoms with Crippen LogP contribution in [0.25, 0.3) is 0 Å². The Morgan fingerprint density at radius 3 is 2.68 bits per heavy atom. The van der Waals surface area contributed by atoms with Gasteiger partial charge in [-0.25, -0.2) is 0 Å². The van der Waals surface area contributed by atoms with Crippen LogP contribution in [0.3, 0.4) is 0 Å². The molecular weight excluding hydrogens is 246 g/mol. The van der Waals surface area contributed by atoms with Crippen molar-refractivity contribution < 1.29 is 19.4 Å². The Morgan fingerprint density at radius 2 is 2.05 bits per heavy atom. The van der Waals surface area contributed by atoms with Gasteiger partial charge in [0.05, 0.1) is 17.6 Å². The minimum Gasteiger partial charge on any atom is -0.388 e. The lowest BCUT2D eigenvalue weighted by molar-refractivity contribution is -0.148. The van der Waals surface area contributed by atoms with Gasteiger partial charge in [0.15, 0.2) is 0 Å². The summed E-state index contributed by atoms with van der Waals surface area (Å²) in [7, 11) is 1.77. The van der Waals surface area contributed by atoms with Crippen molar-refractivity contribution in [3.63, 3.8) is 0 Å². The van der Waals surface area contributed by atoms with Crippen LogP contribution in [0, 0.1) is 5.92 Å². The Morgan fingerprint density at radius 1 is 1.37 bits per heavy atom. The van der Waals surface area contributed by atoms with Gasteiger partial charge >= 0.3 is 0 Å². The zero-order chi connectivity index (χ0) is 13.9. The van der Waals surface area contributed by atoms with E-state index in [1.807, 2.05) is 6.92 Å². The molecule has 0 aromatic heterocycles. The number of hydrogen-bond donors (Lipinski definition) is 1. The van der Waals surface area contributed by atoms with Crippen molar-refractivity contribution in [3.05, 3.63) is 0 Å². The summed E-state index contributed by atoms with van der Waals surface area (Å²) in [5.74, 6) is 0.0225. The third-order valence-electron chi connectivity index (χ3n) is 4.26. The highest BCUT2D eigenvalue weighted by molar-refractivity contribution is 5.79. The van der Waals surface area contributed by atoms with E-state index in [-0.39, 0.29) is 17.9 Å². The summed E-state index contributed by atoms with van der Waals surface area (Å²) in [6.07, 6.45) is 2.99. The molecular formula is C14H25NO4. The smallest absolute Gasteiger partial charge is 0.228 e. The van der Waals surface area contributed by atoms with Gasteiger partial charge in [-0.3, -0.25) is 4.79 Å². The second kappa shape index (κ2) is 6.20. The molecule has 2 fully saturated rings. The topological polar surface area (TPSA) is 59.0 Å². The molecule has 0 aromatic rings. The van der Waals surface area contributed by atoms with E-state index < -0.39 is 5.60 Å². The van der Waals surface area contributed by atoms with Crippen molar-refractivity contribution in [1.29, 1.82) is 0 Å². The Labute approximate surface area is 114 Å². The summed E-state index contributed by atoms with van der Waals surface area (Å²) in [5.41, 5.74) is -0.790. The first-order valence-electron chi connectivity index (χ1n) is 7.18. The third-order valence-corrected chi connectivity index (χ3v) is 4.26. The average Bonchev–Trinajstić information content (AvgIpc) is 2.39. The molecule has 19 heavy (non-hydrogen) atoms. The average molecular weight is 271 g/mol.